The van der Waals surface area contributed by atoms with E-state index in [1.807, 2.05) is 36.4 Å². The van der Waals surface area contributed by atoms with Crippen molar-refractivity contribution in [3.63, 3.8) is 0 Å². The Hall–Kier alpha value is -1.61. The molecule has 3 heteroatoms. The Balaban J connectivity index is 1.49. The fraction of sp³-hybridized carbons (Fsp3) is 0.526. The van der Waals surface area contributed by atoms with Crippen LogP contribution in [0.15, 0.2) is 36.4 Å². The number of piperidine rings is 2. The maximum Gasteiger partial charge on any atom is 0.330 e. The van der Waals surface area contributed by atoms with Crippen molar-refractivity contribution in [3.05, 3.63) is 42.0 Å². The lowest BCUT2D eigenvalue weighted by atomic mass is 9.84. The van der Waals surface area contributed by atoms with Gasteiger partial charge >= 0.3 is 5.97 Å². The first-order valence-corrected chi connectivity index (χ1v) is 8.57. The summed E-state index contributed by atoms with van der Waals surface area (Å²) >= 11 is 0. The predicted molar refractivity (Wildman–Crippen MR) is 87.5 cm³/mol. The minimum Gasteiger partial charge on any atom is -0.462 e. The molecule has 2 fully saturated rings. The molecule has 0 bridgehead atoms. The van der Waals surface area contributed by atoms with E-state index in [1.165, 1.54) is 45.2 Å². The summed E-state index contributed by atoms with van der Waals surface area (Å²) in [6.45, 7) is 3.21. The lowest BCUT2D eigenvalue weighted by Gasteiger charge is -2.40. The van der Waals surface area contributed by atoms with Gasteiger partial charge in [0.05, 0.1) is 19.1 Å². The van der Waals surface area contributed by atoms with Gasteiger partial charge in [0.1, 0.15) is 6.61 Å². The number of benzene rings is 1. The molecule has 1 unspecified atom stereocenters. The number of hydrogen-bond donors (Lipinski definition) is 1. The van der Waals surface area contributed by atoms with Crippen LogP contribution in [0, 0.1) is 5.92 Å². The minimum atomic E-state index is -0.216. The Labute approximate surface area is 133 Å². The van der Waals surface area contributed by atoms with Crippen molar-refractivity contribution in [2.45, 2.75) is 38.1 Å². The summed E-state index contributed by atoms with van der Waals surface area (Å²) in [4.78, 5) is 13.7. The average molecular weight is 300 g/mol. The Morgan fingerprint density at radius 3 is 2.82 bits per heavy atom. The zero-order valence-corrected chi connectivity index (χ0v) is 13.2. The molecule has 3 atom stereocenters. The molecule has 0 amide bonds. The lowest BCUT2D eigenvalue weighted by molar-refractivity contribution is -0.940. The zero-order valence-electron chi connectivity index (χ0n) is 13.2. The molecule has 2 heterocycles. The third kappa shape index (κ3) is 3.98. The monoisotopic (exact) mass is 300 g/mol. The Kier molecular flexibility index (Phi) is 5.28. The number of nitrogens with one attached hydrogen (secondary N) is 1. The van der Waals surface area contributed by atoms with E-state index in [0.29, 0.717) is 18.6 Å². The van der Waals surface area contributed by atoms with Crippen LogP contribution >= 0.6 is 0 Å². The van der Waals surface area contributed by atoms with E-state index >= 15 is 0 Å². The van der Waals surface area contributed by atoms with Crippen molar-refractivity contribution in [1.82, 2.24) is 0 Å². The molecule has 3 rings (SSSR count). The molecule has 0 radical (unpaired) electrons. The highest BCUT2D eigenvalue weighted by molar-refractivity contribution is 5.87. The molecule has 1 aromatic carbocycles. The van der Waals surface area contributed by atoms with Crippen molar-refractivity contribution < 1.29 is 14.4 Å². The van der Waals surface area contributed by atoms with Crippen LogP contribution in [0.3, 0.4) is 0 Å². The molecule has 0 aliphatic carbocycles. The summed E-state index contributed by atoms with van der Waals surface area (Å²) in [5.41, 5.74) is 1.03. The van der Waals surface area contributed by atoms with E-state index in [4.69, 9.17) is 4.74 Å². The number of quaternary nitrogens is 1. The van der Waals surface area contributed by atoms with E-state index in [2.05, 4.69) is 0 Å². The SMILES string of the molecule is O=C(/C=C/c1ccccc1)OC[C@@H]1CCC[NH+]2CCCC[C@@H]12. The van der Waals surface area contributed by atoms with E-state index in [0.717, 1.165) is 5.56 Å². The minimum absolute atomic E-state index is 0.216. The predicted octanol–water partition coefficient (Wildman–Crippen LogP) is 2.09. The lowest BCUT2D eigenvalue weighted by Crippen LogP contribution is -3.18. The van der Waals surface area contributed by atoms with Crippen molar-refractivity contribution >= 4 is 12.0 Å². The summed E-state index contributed by atoms with van der Waals surface area (Å²) in [7, 11) is 0. The molecular weight excluding hydrogens is 274 g/mol. The van der Waals surface area contributed by atoms with Crippen molar-refractivity contribution in [3.8, 4) is 0 Å². The van der Waals surface area contributed by atoms with Crippen LogP contribution in [-0.4, -0.2) is 31.7 Å². The van der Waals surface area contributed by atoms with Gasteiger partial charge in [-0.15, -0.1) is 0 Å². The molecule has 2 aliphatic rings. The Morgan fingerprint density at radius 1 is 1.14 bits per heavy atom. The van der Waals surface area contributed by atoms with Gasteiger partial charge in [-0.05, 0) is 43.7 Å². The third-order valence-corrected chi connectivity index (χ3v) is 5.08. The summed E-state index contributed by atoms with van der Waals surface area (Å²) in [6, 6.07) is 10.6. The van der Waals surface area contributed by atoms with Gasteiger partial charge in [0.25, 0.3) is 0 Å². The van der Waals surface area contributed by atoms with Gasteiger partial charge in [0.2, 0.25) is 0 Å². The van der Waals surface area contributed by atoms with Gasteiger partial charge < -0.3 is 9.64 Å². The van der Waals surface area contributed by atoms with Crippen molar-refractivity contribution in [1.29, 1.82) is 0 Å². The summed E-state index contributed by atoms with van der Waals surface area (Å²) < 4.78 is 5.51. The second kappa shape index (κ2) is 7.59. The van der Waals surface area contributed by atoms with Crippen molar-refractivity contribution in [2.24, 2.45) is 5.92 Å². The van der Waals surface area contributed by atoms with E-state index in [-0.39, 0.29) is 5.97 Å². The summed E-state index contributed by atoms with van der Waals surface area (Å²) in [5.74, 6) is 0.338. The van der Waals surface area contributed by atoms with Crippen LogP contribution in [0.1, 0.15) is 37.7 Å². The maximum atomic E-state index is 11.9. The van der Waals surface area contributed by atoms with E-state index in [9.17, 15) is 4.79 Å². The van der Waals surface area contributed by atoms with E-state index in [1.54, 1.807) is 11.0 Å². The molecule has 0 aromatic heterocycles. The second-order valence-corrected chi connectivity index (χ2v) is 6.54. The highest BCUT2D eigenvalue weighted by atomic mass is 16.5. The van der Waals surface area contributed by atoms with Crippen LogP contribution in [-0.2, 0) is 9.53 Å². The third-order valence-electron chi connectivity index (χ3n) is 5.08. The number of rotatable bonds is 4. The largest absolute Gasteiger partial charge is 0.462 e. The number of esters is 1. The van der Waals surface area contributed by atoms with Crippen molar-refractivity contribution in [2.75, 3.05) is 19.7 Å². The van der Waals surface area contributed by atoms with Gasteiger partial charge in [-0.1, -0.05) is 30.3 Å². The highest BCUT2D eigenvalue weighted by Crippen LogP contribution is 2.20. The maximum absolute atomic E-state index is 11.9. The highest BCUT2D eigenvalue weighted by Gasteiger charge is 2.36. The summed E-state index contributed by atoms with van der Waals surface area (Å²) in [5, 5.41) is 0. The fourth-order valence-electron chi connectivity index (χ4n) is 3.94. The smallest absolute Gasteiger partial charge is 0.330 e. The summed E-state index contributed by atoms with van der Waals surface area (Å²) in [6.07, 6.45) is 9.85. The van der Waals surface area contributed by atoms with Gasteiger partial charge in [-0.2, -0.15) is 0 Å². The van der Waals surface area contributed by atoms with Crippen LogP contribution in [0.25, 0.3) is 6.08 Å². The van der Waals surface area contributed by atoms with Gasteiger partial charge in [-0.3, -0.25) is 0 Å². The zero-order chi connectivity index (χ0) is 15.2. The molecule has 3 nitrogen and oxygen atoms in total. The molecule has 0 saturated carbocycles. The molecule has 22 heavy (non-hydrogen) atoms. The number of ether oxygens (including phenoxy) is 1. The first kappa shape index (κ1) is 15.3. The quantitative estimate of drug-likeness (QED) is 0.682. The standard InChI is InChI=1S/C19H25NO2/c21-19(12-11-16-7-2-1-3-8-16)22-15-17-9-6-14-20-13-5-4-10-18(17)20/h1-3,7-8,11-12,17-18H,4-6,9-10,13-15H2/p+1/b12-11+/t17-,18-/m0/s1. The number of fused-ring (bicyclic) bond motifs is 1. The Morgan fingerprint density at radius 2 is 1.95 bits per heavy atom. The first-order chi connectivity index (χ1) is 10.8. The number of carbonyl (C=O) groups is 1. The molecule has 2 saturated heterocycles. The van der Waals surface area contributed by atoms with Crippen LogP contribution in [0.5, 0.6) is 0 Å². The second-order valence-electron chi connectivity index (χ2n) is 6.54. The molecule has 1 aromatic rings. The number of carbonyl (C=O) groups excluding carboxylic acids is 1. The molecule has 0 spiro atoms. The van der Waals surface area contributed by atoms with Gasteiger partial charge in [0.15, 0.2) is 0 Å². The van der Waals surface area contributed by atoms with E-state index < -0.39 is 0 Å². The van der Waals surface area contributed by atoms with Crippen LogP contribution in [0.2, 0.25) is 0 Å². The van der Waals surface area contributed by atoms with Crippen LogP contribution in [0.4, 0.5) is 0 Å². The topological polar surface area (TPSA) is 30.7 Å². The molecule has 118 valence electrons. The van der Waals surface area contributed by atoms with Gasteiger partial charge in [0, 0.05) is 12.0 Å². The molecule has 2 aliphatic heterocycles. The average Bonchev–Trinajstić information content (AvgIpc) is 2.59. The normalized spacial score (nSPS) is 28.3. The first-order valence-electron chi connectivity index (χ1n) is 8.57. The number of hydrogen-bond acceptors (Lipinski definition) is 2. The van der Waals surface area contributed by atoms with Gasteiger partial charge in [-0.25, -0.2) is 4.79 Å². The fourth-order valence-corrected chi connectivity index (χ4v) is 3.94. The van der Waals surface area contributed by atoms with Crippen LogP contribution < -0.4 is 4.90 Å². The molecular formula is C19H26NO2+. The Bertz CT molecular complexity index is 509. The molecule has 1 N–H and O–H groups in total.